The van der Waals surface area contributed by atoms with Gasteiger partial charge in [0.05, 0.1) is 13.2 Å². The molecular weight excluding hydrogens is 256 g/mol. The summed E-state index contributed by atoms with van der Waals surface area (Å²) in [6.45, 7) is 12.8. The highest BCUT2D eigenvalue weighted by Crippen LogP contribution is 2.14. The Labute approximate surface area is 121 Å². The zero-order valence-electron chi connectivity index (χ0n) is 12.8. The van der Waals surface area contributed by atoms with E-state index < -0.39 is 0 Å². The third-order valence-corrected chi connectivity index (χ3v) is 3.82. The Balaban J connectivity index is 1.81. The van der Waals surface area contributed by atoms with Crippen LogP contribution < -0.4 is 0 Å². The molecule has 0 bridgehead atoms. The summed E-state index contributed by atoms with van der Waals surface area (Å²) in [4.78, 5) is 9.23. The van der Waals surface area contributed by atoms with Crippen molar-refractivity contribution in [1.29, 1.82) is 0 Å². The van der Waals surface area contributed by atoms with E-state index in [0.717, 1.165) is 58.2 Å². The average molecular weight is 282 g/mol. The SMILES string of the molecule is CCOCCN1CCN(Cc2noc(C)n2)CC1CC. The molecule has 1 atom stereocenters. The van der Waals surface area contributed by atoms with Crippen molar-refractivity contribution in [2.45, 2.75) is 39.8 Å². The number of nitrogens with zero attached hydrogens (tertiary/aromatic N) is 4. The molecule has 0 aliphatic carbocycles. The maximum Gasteiger partial charge on any atom is 0.223 e. The Kier molecular flexibility index (Phi) is 5.94. The van der Waals surface area contributed by atoms with Crippen molar-refractivity contribution in [3.63, 3.8) is 0 Å². The third-order valence-electron chi connectivity index (χ3n) is 3.82. The van der Waals surface area contributed by atoms with Gasteiger partial charge in [0.25, 0.3) is 0 Å². The molecule has 114 valence electrons. The Hall–Kier alpha value is -0.980. The standard InChI is InChI=1S/C14H26N4O2/c1-4-13-10-17(11-14-15-12(3)20-16-14)6-7-18(13)8-9-19-5-2/h13H,4-11H2,1-3H3. The van der Waals surface area contributed by atoms with Crippen LogP contribution in [0.25, 0.3) is 0 Å². The minimum atomic E-state index is 0.595. The van der Waals surface area contributed by atoms with Crippen LogP contribution in [-0.4, -0.2) is 65.4 Å². The molecule has 0 N–H and O–H groups in total. The van der Waals surface area contributed by atoms with E-state index in [-0.39, 0.29) is 0 Å². The maximum atomic E-state index is 5.47. The molecule has 1 saturated heterocycles. The predicted molar refractivity (Wildman–Crippen MR) is 76.5 cm³/mol. The molecule has 1 aromatic rings. The van der Waals surface area contributed by atoms with Gasteiger partial charge in [0, 0.05) is 45.8 Å². The summed E-state index contributed by atoms with van der Waals surface area (Å²) in [5.41, 5.74) is 0. The molecule has 2 rings (SSSR count). The molecule has 1 fully saturated rings. The third kappa shape index (κ3) is 4.26. The van der Waals surface area contributed by atoms with E-state index in [1.165, 1.54) is 0 Å². The Morgan fingerprint density at radius 2 is 2.20 bits per heavy atom. The fraction of sp³-hybridized carbons (Fsp3) is 0.857. The van der Waals surface area contributed by atoms with Crippen LogP contribution in [0, 0.1) is 6.92 Å². The lowest BCUT2D eigenvalue weighted by molar-refractivity contribution is 0.0374. The minimum Gasteiger partial charge on any atom is -0.380 e. The van der Waals surface area contributed by atoms with Gasteiger partial charge in [-0.3, -0.25) is 9.80 Å². The smallest absolute Gasteiger partial charge is 0.223 e. The fourth-order valence-electron chi connectivity index (χ4n) is 2.71. The number of ether oxygens (including phenoxy) is 1. The Morgan fingerprint density at radius 3 is 2.85 bits per heavy atom. The molecule has 20 heavy (non-hydrogen) atoms. The molecular formula is C14H26N4O2. The van der Waals surface area contributed by atoms with Gasteiger partial charge in [0.15, 0.2) is 5.82 Å². The molecule has 0 aromatic carbocycles. The molecule has 6 nitrogen and oxygen atoms in total. The molecule has 1 unspecified atom stereocenters. The van der Waals surface area contributed by atoms with E-state index in [1.54, 1.807) is 0 Å². The summed E-state index contributed by atoms with van der Waals surface area (Å²) in [5.74, 6) is 1.43. The summed E-state index contributed by atoms with van der Waals surface area (Å²) in [6, 6.07) is 0.595. The summed E-state index contributed by atoms with van der Waals surface area (Å²) < 4.78 is 10.5. The van der Waals surface area contributed by atoms with E-state index in [0.29, 0.717) is 11.9 Å². The highest BCUT2D eigenvalue weighted by Gasteiger charge is 2.26. The van der Waals surface area contributed by atoms with E-state index in [2.05, 4.69) is 26.9 Å². The van der Waals surface area contributed by atoms with Crippen molar-refractivity contribution in [2.24, 2.45) is 0 Å². The maximum absolute atomic E-state index is 5.47. The first-order valence-corrected chi connectivity index (χ1v) is 7.56. The average Bonchev–Trinajstić information content (AvgIpc) is 2.85. The van der Waals surface area contributed by atoms with Crippen LogP contribution in [0.5, 0.6) is 0 Å². The summed E-state index contributed by atoms with van der Waals surface area (Å²) >= 11 is 0. The van der Waals surface area contributed by atoms with Crippen molar-refractivity contribution in [1.82, 2.24) is 19.9 Å². The lowest BCUT2D eigenvalue weighted by Gasteiger charge is -2.40. The Bertz CT molecular complexity index is 396. The van der Waals surface area contributed by atoms with Gasteiger partial charge in [-0.2, -0.15) is 4.98 Å². The van der Waals surface area contributed by atoms with Gasteiger partial charge >= 0.3 is 0 Å². The number of aryl methyl sites for hydroxylation is 1. The Morgan fingerprint density at radius 1 is 1.35 bits per heavy atom. The summed E-state index contributed by atoms with van der Waals surface area (Å²) in [6.07, 6.45) is 1.16. The lowest BCUT2D eigenvalue weighted by Crippen LogP contribution is -2.53. The first-order valence-electron chi connectivity index (χ1n) is 7.56. The quantitative estimate of drug-likeness (QED) is 0.703. The number of hydrogen-bond donors (Lipinski definition) is 0. The molecule has 0 radical (unpaired) electrons. The van der Waals surface area contributed by atoms with Crippen LogP contribution in [0.1, 0.15) is 32.0 Å². The van der Waals surface area contributed by atoms with Crippen molar-refractivity contribution < 1.29 is 9.26 Å². The van der Waals surface area contributed by atoms with Crippen molar-refractivity contribution >= 4 is 0 Å². The van der Waals surface area contributed by atoms with Gasteiger partial charge in [-0.25, -0.2) is 0 Å². The monoisotopic (exact) mass is 282 g/mol. The van der Waals surface area contributed by atoms with Gasteiger partial charge in [-0.1, -0.05) is 12.1 Å². The molecule has 1 aromatic heterocycles. The second-order valence-electron chi connectivity index (χ2n) is 5.26. The van der Waals surface area contributed by atoms with Gasteiger partial charge in [-0.05, 0) is 13.3 Å². The van der Waals surface area contributed by atoms with Gasteiger partial charge in [0.2, 0.25) is 5.89 Å². The predicted octanol–water partition coefficient (Wildman–Crippen LogP) is 1.31. The van der Waals surface area contributed by atoms with E-state index in [9.17, 15) is 0 Å². The van der Waals surface area contributed by atoms with Crippen molar-refractivity contribution in [2.75, 3.05) is 39.4 Å². The minimum absolute atomic E-state index is 0.595. The first-order chi connectivity index (χ1) is 9.72. The molecule has 0 amide bonds. The van der Waals surface area contributed by atoms with Crippen LogP contribution in [0.2, 0.25) is 0 Å². The number of aromatic nitrogens is 2. The first kappa shape index (κ1) is 15.4. The number of rotatable bonds is 7. The lowest BCUT2D eigenvalue weighted by atomic mass is 10.1. The van der Waals surface area contributed by atoms with Crippen LogP contribution in [0.15, 0.2) is 4.52 Å². The second kappa shape index (κ2) is 7.71. The van der Waals surface area contributed by atoms with E-state index in [4.69, 9.17) is 9.26 Å². The fourth-order valence-corrected chi connectivity index (χ4v) is 2.71. The molecule has 0 spiro atoms. The topological polar surface area (TPSA) is 54.6 Å². The zero-order valence-corrected chi connectivity index (χ0v) is 12.8. The van der Waals surface area contributed by atoms with Gasteiger partial charge < -0.3 is 9.26 Å². The van der Waals surface area contributed by atoms with Gasteiger partial charge in [-0.15, -0.1) is 0 Å². The van der Waals surface area contributed by atoms with E-state index in [1.807, 2.05) is 13.8 Å². The van der Waals surface area contributed by atoms with E-state index >= 15 is 0 Å². The molecule has 0 saturated carbocycles. The van der Waals surface area contributed by atoms with Crippen molar-refractivity contribution in [3.8, 4) is 0 Å². The molecule has 2 heterocycles. The van der Waals surface area contributed by atoms with Crippen molar-refractivity contribution in [3.05, 3.63) is 11.7 Å². The molecule has 1 aliphatic rings. The largest absolute Gasteiger partial charge is 0.380 e. The summed E-state index contributed by atoms with van der Waals surface area (Å²) in [7, 11) is 0. The van der Waals surface area contributed by atoms with Crippen LogP contribution in [-0.2, 0) is 11.3 Å². The summed E-state index contributed by atoms with van der Waals surface area (Å²) in [5, 5.41) is 3.98. The zero-order chi connectivity index (χ0) is 14.4. The number of hydrogen-bond acceptors (Lipinski definition) is 6. The van der Waals surface area contributed by atoms with Crippen LogP contribution in [0.3, 0.4) is 0 Å². The highest BCUT2D eigenvalue weighted by atomic mass is 16.5. The molecule has 1 aliphatic heterocycles. The van der Waals surface area contributed by atoms with Crippen LogP contribution >= 0.6 is 0 Å². The highest BCUT2D eigenvalue weighted by molar-refractivity contribution is 4.88. The van der Waals surface area contributed by atoms with Crippen LogP contribution in [0.4, 0.5) is 0 Å². The molecule has 6 heteroatoms. The second-order valence-corrected chi connectivity index (χ2v) is 5.26. The normalized spacial score (nSPS) is 21.4. The van der Waals surface area contributed by atoms with Gasteiger partial charge in [0.1, 0.15) is 0 Å². The number of piperazine rings is 1.